The predicted molar refractivity (Wildman–Crippen MR) is 91.4 cm³/mol. The minimum atomic E-state index is -0.163. The van der Waals surface area contributed by atoms with Crippen molar-refractivity contribution in [1.29, 1.82) is 0 Å². The van der Waals surface area contributed by atoms with Gasteiger partial charge >= 0.3 is 0 Å². The molecular weight excluding hydrogens is 324 g/mol. The van der Waals surface area contributed by atoms with Crippen LogP contribution in [0.2, 0.25) is 0 Å². The number of rotatable bonds is 2. The number of thiazole rings is 1. The third kappa shape index (κ3) is 3.60. The highest BCUT2D eigenvalue weighted by Crippen LogP contribution is 2.24. The molecule has 0 aromatic carbocycles. The number of carbonyl (C=O) groups excluding carboxylic acids is 2. The molecule has 122 valence electrons. The molecule has 0 radical (unpaired) electrons. The van der Waals surface area contributed by atoms with Crippen molar-refractivity contribution in [2.75, 3.05) is 18.4 Å². The summed E-state index contributed by atoms with van der Waals surface area (Å²) in [6.45, 7) is 4.32. The summed E-state index contributed by atoms with van der Waals surface area (Å²) in [5, 5.41) is 3.36. The van der Waals surface area contributed by atoms with Gasteiger partial charge in [0, 0.05) is 38.0 Å². The topological polar surface area (TPSA) is 75.2 Å². The van der Waals surface area contributed by atoms with Gasteiger partial charge in [0.15, 0.2) is 5.13 Å². The highest BCUT2D eigenvalue weighted by molar-refractivity contribution is 7.16. The summed E-state index contributed by atoms with van der Waals surface area (Å²) in [6, 6.07) is 3.67. The summed E-state index contributed by atoms with van der Waals surface area (Å²) < 4.78 is 0. The van der Waals surface area contributed by atoms with E-state index in [0.717, 1.165) is 16.1 Å². The van der Waals surface area contributed by atoms with Crippen molar-refractivity contribution >= 4 is 28.3 Å². The van der Waals surface area contributed by atoms with E-state index >= 15 is 0 Å². The van der Waals surface area contributed by atoms with Crippen molar-refractivity contribution < 1.29 is 9.59 Å². The number of nitrogens with one attached hydrogen (secondary N) is 1. The summed E-state index contributed by atoms with van der Waals surface area (Å²) in [6.07, 6.45) is 3.39. The molecule has 2 aromatic heterocycles. The molecule has 1 fully saturated rings. The molecule has 0 saturated carbocycles. The zero-order valence-electron chi connectivity index (χ0n) is 13.4. The third-order valence-electron chi connectivity index (χ3n) is 3.73. The van der Waals surface area contributed by atoms with Crippen molar-refractivity contribution in [3.05, 3.63) is 40.7 Å². The number of aromatic nitrogens is 2. The number of likely N-dealkylation sites (tertiary alicyclic amines) is 1. The molecular formula is C17H16N4O2S. The first-order valence-corrected chi connectivity index (χ1v) is 8.30. The number of aryl methyl sites for hydroxylation is 1. The Labute approximate surface area is 143 Å². The maximum Gasteiger partial charge on any atom is 0.232 e. The molecule has 0 atom stereocenters. The van der Waals surface area contributed by atoms with E-state index in [-0.39, 0.29) is 17.7 Å². The minimum Gasteiger partial charge on any atom is -0.341 e. The Balaban J connectivity index is 1.64. The van der Waals surface area contributed by atoms with Gasteiger partial charge in [0.1, 0.15) is 4.88 Å². The average Bonchev–Trinajstić information content (AvgIpc) is 2.84. The van der Waals surface area contributed by atoms with E-state index in [1.807, 2.05) is 19.1 Å². The number of pyridine rings is 1. The van der Waals surface area contributed by atoms with Gasteiger partial charge in [-0.3, -0.25) is 14.6 Å². The number of nitrogens with zero attached hydrogens (tertiary/aromatic N) is 3. The molecule has 0 bridgehead atoms. The standard InChI is InChI=1S/C17H16N4O2S/c1-11-15(4-3-13-5-7-18-8-6-13)24-17(19-11)20-16(23)14-9-21(10-14)12(2)22/h5-8,14H,9-10H2,1-2H3,(H,19,20,23). The highest BCUT2D eigenvalue weighted by Gasteiger charge is 2.34. The molecule has 0 spiro atoms. The second-order valence-corrected chi connectivity index (χ2v) is 6.53. The molecule has 7 heteroatoms. The quantitative estimate of drug-likeness (QED) is 0.844. The maximum absolute atomic E-state index is 12.1. The second kappa shape index (κ2) is 6.81. The maximum atomic E-state index is 12.1. The Kier molecular flexibility index (Phi) is 4.58. The first kappa shape index (κ1) is 16.1. The predicted octanol–water partition coefficient (Wildman–Crippen LogP) is 1.66. The first-order valence-electron chi connectivity index (χ1n) is 7.49. The van der Waals surface area contributed by atoms with Gasteiger partial charge in [-0.05, 0) is 25.0 Å². The summed E-state index contributed by atoms with van der Waals surface area (Å²) in [5.74, 6) is 5.86. The summed E-state index contributed by atoms with van der Waals surface area (Å²) in [7, 11) is 0. The molecule has 1 N–H and O–H groups in total. The fraction of sp³-hybridized carbons (Fsp3) is 0.294. The van der Waals surface area contributed by atoms with Gasteiger partial charge in [-0.2, -0.15) is 0 Å². The van der Waals surface area contributed by atoms with Gasteiger partial charge in [-0.25, -0.2) is 4.98 Å². The summed E-state index contributed by atoms with van der Waals surface area (Å²) in [4.78, 5) is 34.1. The summed E-state index contributed by atoms with van der Waals surface area (Å²) >= 11 is 1.35. The van der Waals surface area contributed by atoms with Crippen molar-refractivity contribution in [2.45, 2.75) is 13.8 Å². The second-order valence-electron chi connectivity index (χ2n) is 5.53. The number of amides is 2. The van der Waals surface area contributed by atoms with E-state index < -0.39 is 0 Å². The van der Waals surface area contributed by atoms with E-state index in [1.165, 1.54) is 18.3 Å². The first-order chi connectivity index (χ1) is 11.5. The lowest BCUT2D eigenvalue weighted by Gasteiger charge is -2.37. The van der Waals surface area contributed by atoms with E-state index in [1.54, 1.807) is 17.3 Å². The summed E-state index contributed by atoms with van der Waals surface area (Å²) in [5.41, 5.74) is 1.66. The van der Waals surface area contributed by atoms with Crippen molar-refractivity contribution in [3.63, 3.8) is 0 Å². The van der Waals surface area contributed by atoms with Gasteiger partial charge < -0.3 is 10.2 Å². The average molecular weight is 340 g/mol. The molecule has 1 saturated heterocycles. The molecule has 3 heterocycles. The fourth-order valence-electron chi connectivity index (χ4n) is 2.24. The lowest BCUT2D eigenvalue weighted by molar-refractivity contribution is -0.139. The molecule has 24 heavy (non-hydrogen) atoms. The van der Waals surface area contributed by atoms with Gasteiger partial charge in [0.05, 0.1) is 11.6 Å². The lowest BCUT2D eigenvalue weighted by atomic mass is 9.99. The van der Waals surface area contributed by atoms with E-state index in [9.17, 15) is 9.59 Å². The fourth-order valence-corrected chi connectivity index (χ4v) is 3.06. The van der Waals surface area contributed by atoms with Gasteiger partial charge in [-0.1, -0.05) is 17.3 Å². The molecule has 2 aromatic rings. The molecule has 6 nitrogen and oxygen atoms in total. The van der Waals surface area contributed by atoms with Crippen molar-refractivity contribution in [3.8, 4) is 11.8 Å². The Hall–Kier alpha value is -2.72. The SMILES string of the molecule is CC(=O)N1CC(C(=O)Nc2nc(C)c(C#Cc3ccncc3)s2)C1. The number of hydrogen-bond donors (Lipinski definition) is 1. The van der Waals surface area contributed by atoms with Crippen LogP contribution in [0.25, 0.3) is 0 Å². The van der Waals surface area contributed by atoms with Crippen LogP contribution < -0.4 is 5.32 Å². The van der Waals surface area contributed by atoms with E-state index in [4.69, 9.17) is 0 Å². The Morgan fingerprint density at radius 3 is 2.67 bits per heavy atom. The number of carbonyl (C=O) groups is 2. The minimum absolute atomic E-state index is 0.00202. The molecule has 0 aliphatic carbocycles. The van der Waals surface area contributed by atoms with E-state index in [2.05, 4.69) is 27.1 Å². The van der Waals surface area contributed by atoms with Gasteiger partial charge in [-0.15, -0.1) is 0 Å². The van der Waals surface area contributed by atoms with Crippen LogP contribution in [0, 0.1) is 24.7 Å². The normalized spacial score (nSPS) is 13.7. The third-order valence-corrected chi connectivity index (χ3v) is 4.71. The number of anilines is 1. The van der Waals surface area contributed by atoms with Crippen LogP contribution in [0.5, 0.6) is 0 Å². The number of hydrogen-bond acceptors (Lipinski definition) is 5. The van der Waals surface area contributed by atoms with Crippen LogP contribution in [0.3, 0.4) is 0 Å². The molecule has 1 aliphatic rings. The van der Waals surface area contributed by atoms with Crippen molar-refractivity contribution in [2.24, 2.45) is 5.92 Å². The lowest BCUT2D eigenvalue weighted by Crippen LogP contribution is -2.53. The largest absolute Gasteiger partial charge is 0.341 e. The van der Waals surface area contributed by atoms with Crippen LogP contribution >= 0.6 is 11.3 Å². The molecule has 2 amide bonds. The Morgan fingerprint density at radius 1 is 1.29 bits per heavy atom. The van der Waals surface area contributed by atoms with Gasteiger partial charge in [0.2, 0.25) is 11.8 Å². The molecule has 3 rings (SSSR count). The Morgan fingerprint density at radius 2 is 2.00 bits per heavy atom. The van der Waals surface area contributed by atoms with Crippen LogP contribution in [-0.4, -0.2) is 39.8 Å². The van der Waals surface area contributed by atoms with Crippen LogP contribution in [0.4, 0.5) is 5.13 Å². The monoisotopic (exact) mass is 340 g/mol. The zero-order valence-corrected chi connectivity index (χ0v) is 14.2. The zero-order chi connectivity index (χ0) is 17.1. The smallest absolute Gasteiger partial charge is 0.232 e. The van der Waals surface area contributed by atoms with E-state index in [0.29, 0.717) is 18.2 Å². The van der Waals surface area contributed by atoms with Crippen LogP contribution in [0.15, 0.2) is 24.5 Å². The van der Waals surface area contributed by atoms with Gasteiger partial charge in [0.25, 0.3) is 0 Å². The van der Waals surface area contributed by atoms with Crippen LogP contribution in [0.1, 0.15) is 23.1 Å². The molecule has 1 aliphatic heterocycles. The van der Waals surface area contributed by atoms with Crippen molar-refractivity contribution in [1.82, 2.24) is 14.9 Å². The Bertz CT molecular complexity index is 829. The van der Waals surface area contributed by atoms with Crippen LogP contribution in [-0.2, 0) is 9.59 Å². The molecule has 0 unspecified atom stereocenters. The highest BCUT2D eigenvalue weighted by atomic mass is 32.1.